The smallest absolute Gasteiger partial charge is 0.269 e. The minimum Gasteiger partial charge on any atom is -0.384 e. The maximum atomic E-state index is 11.6. The summed E-state index contributed by atoms with van der Waals surface area (Å²) in [7, 11) is 1.57. The molecule has 1 amide bonds. The molecule has 20 heavy (non-hydrogen) atoms. The largest absolute Gasteiger partial charge is 0.384 e. The average Bonchev–Trinajstić information content (AvgIpc) is 2.80. The van der Waals surface area contributed by atoms with Gasteiger partial charge in [0.25, 0.3) is 5.91 Å². The van der Waals surface area contributed by atoms with E-state index in [-0.39, 0.29) is 11.3 Å². The van der Waals surface area contributed by atoms with Crippen molar-refractivity contribution in [3.8, 4) is 5.82 Å². The van der Waals surface area contributed by atoms with E-state index in [9.17, 15) is 4.79 Å². The molecular formula is C14H19N5O. The van der Waals surface area contributed by atoms with Gasteiger partial charge in [0.1, 0.15) is 11.5 Å². The molecule has 0 aliphatic heterocycles. The number of carbonyl (C=O) groups is 1. The van der Waals surface area contributed by atoms with E-state index >= 15 is 0 Å². The fourth-order valence-corrected chi connectivity index (χ4v) is 1.74. The van der Waals surface area contributed by atoms with Crippen LogP contribution in [0.15, 0.2) is 24.3 Å². The van der Waals surface area contributed by atoms with Gasteiger partial charge in [0.15, 0.2) is 5.82 Å². The van der Waals surface area contributed by atoms with Crippen molar-refractivity contribution in [2.24, 2.45) is 0 Å². The molecule has 0 aliphatic rings. The Kier molecular flexibility index (Phi) is 3.48. The monoisotopic (exact) mass is 273 g/mol. The van der Waals surface area contributed by atoms with Gasteiger partial charge in [-0.2, -0.15) is 9.78 Å². The lowest BCUT2D eigenvalue weighted by molar-refractivity contribution is 0.0958. The van der Waals surface area contributed by atoms with Crippen molar-refractivity contribution < 1.29 is 4.79 Å². The van der Waals surface area contributed by atoms with Gasteiger partial charge < -0.3 is 11.1 Å². The second-order valence-electron chi connectivity index (χ2n) is 5.58. The number of nitrogens with two attached hydrogens (primary N) is 1. The molecule has 6 nitrogen and oxygen atoms in total. The van der Waals surface area contributed by atoms with Gasteiger partial charge >= 0.3 is 0 Å². The van der Waals surface area contributed by atoms with E-state index in [4.69, 9.17) is 5.73 Å². The zero-order chi connectivity index (χ0) is 14.9. The summed E-state index contributed by atoms with van der Waals surface area (Å²) in [5.41, 5.74) is 7.10. The third-order valence-electron chi connectivity index (χ3n) is 2.92. The first-order chi connectivity index (χ1) is 9.32. The summed E-state index contributed by atoms with van der Waals surface area (Å²) in [5.74, 6) is 0.782. The molecule has 0 radical (unpaired) electrons. The van der Waals surface area contributed by atoms with Crippen LogP contribution in [-0.4, -0.2) is 27.7 Å². The maximum absolute atomic E-state index is 11.6. The van der Waals surface area contributed by atoms with Crippen LogP contribution in [0.5, 0.6) is 0 Å². The highest BCUT2D eigenvalue weighted by atomic mass is 16.1. The number of aromatic nitrogens is 3. The number of pyridine rings is 1. The van der Waals surface area contributed by atoms with Gasteiger partial charge in [-0.3, -0.25) is 4.79 Å². The Morgan fingerprint density at radius 2 is 2.05 bits per heavy atom. The van der Waals surface area contributed by atoms with Crippen molar-refractivity contribution in [1.82, 2.24) is 20.1 Å². The molecule has 0 saturated heterocycles. The number of amides is 1. The summed E-state index contributed by atoms with van der Waals surface area (Å²) in [5, 5.41) is 7.02. The van der Waals surface area contributed by atoms with Crippen LogP contribution in [0.2, 0.25) is 0 Å². The maximum Gasteiger partial charge on any atom is 0.269 e. The van der Waals surface area contributed by atoms with E-state index in [1.807, 2.05) is 6.07 Å². The van der Waals surface area contributed by atoms with E-state index in [1.165, 1.54) is 0 Å². The molecule has 0 aliphatic carbocycles. The Morgan fingerprint density at radius 3 is 2.60 bits per heavy atom. The summed E-state index contributed by atoms with van der Waals surface area (Å²) in [6, 6.07) is 6.99. The van der Waals surface area contributed by atoms with Gasteiger partial charge in [0.2, 0.25) is 0 Å². The Hall–Kier alpha value is -2.37. The molecule has 0 spiro atoms. The highest BCUT2D eigenvalue weighted by Crippen LogP contribution is 2.24. The minimum atomic E-state index is -0.242. The Labute approximate surface area is 118 Å². The van der Waals surface area contributed by atoms with Crippen molar-refractivity contribution >= 4 is 11.7 Å². The zero-order valence-corrected chi connectivity index (χ0v) is 12.1. The minimum absolute atomic E-state index is 0.0994. The first kappa shape index (κ1) is 14.0. The molecule has 0 atom stereocenters. The molecule has 0 bridgehead atoms. The van der Waals surface area contributed by atoms with E-state index in [0.717, 1.165) is 5.69 Å². The van der Waals surface area contributed by atoms with Gasteiger partial charge in [-0.05, 0) is 12.1 Å². The van der Waals surface area contributed by atoms with Crippen molar-refractivity contribution in [3.63, 3.8) is 0 Å². The summed E-state index contributed by atoms with van der Waals surface area (Å²) in [6.45, 7) is 6.19. The van der Waals surface area contributed by atoms with Gasteiger partial charge in [-0.1, -0.05) is 26.8 Å². The molecule has 0 aromatic carbocycles. The standard InChI is InChI=1S/C14H19N5O/c1-14(2,3)10-8-11(15)19(18-10)12-7-5-6-9(17-12)13(20)16-4/h5-8H,15H2,1-4H3,(H,16,20). The SMILES string of the molecule is CNC(=O)c1cccc(-n2nc(C(C)(C)C)cc2N)n1. The van der Waals surface area contributed by atoms with Gasteiger partial charge in [-0.15, -0.1) is 0 Å². The first-order valence-electron chi connectivity index (χ1n) is 6.38. The van der Waals surface area contributed by atoms with Crippen LogP contribution in [0.4, 0.5) is 5.82 Å². The van der Waals surface area contributed by atoms with Gasteiger partial charge in [0, 0.05) is 18.5 Å². The second-order valence-corrected chi connectivity index (χ2v) is 5.58. The lowest BCUT2D eigenvalue weighted by atomic mass is 9.92. The number of hydrogen-bond donors (Lipinski definition) is 2. The first-order valence-corrected chi connectivity index (χ1v) is 6.38. The molecule has 2 aromatic heterocycles. The quantitative estimate of drug-likeness (QED) is 0.868. The van der Waals surface area contributed by atoms with Crippen molar-refractivity contribution in [2.75, 3.05) is 12.8 Å². The number of anilines is 1. The highest BCUT2D eigenvalue weighted by molar-refractivity contribution is 5.92. The second kappa shape index (κ2) is 4.96. The number of hydrogen-bond acceptors (Lipinski definition) is 4. The van der Waals surface area contributed by atoms with Crippen LogP contribution in [0.3, 0.4) is 0 Å². The summed E-state index contributed by atoms with van der Waals surface area (Å²) >= 11 is 0. The average molecular weight is 273 g/mol. The van der Waals surface area contributed by atoms with Crippen LogP contribution in [0.1, 0.15) is 37.0 Å². The summed E-state index contributed by atoms with van der Waals surface area (Å²) in [4.78, 5) is 15.9. The predicted octanol–water partition coefficient (Wildman–Crippen LogP) is 1.51. The fraction of sp³-hybridized carbons (Fsp3) is 0.357. The van der Waals surface area contributed by atoms with Crippen LogP contribution in [0.25, 0.3) is 5.82 Å². The molecule has 106 valence electrons. The zero-order valence-electron chi connectivity index (χ0n) is 12.1. The van der Waals surface area contributed by atoms with Gasteiger partial charge in [0.05, 0.1) is 5.69 Å². The molecule has 2 heterocycles. The Bertz CT molecular complexity index is 639. The van der Waals surface area contributed by atoms with Crippen molar-refractivity contribution in [3.05, 3.63) is 35.7 Å². The molecule has 6 heteroatoms. The highest BCUT2D eigenvalue weighted by Gasteiger charge is 2.20. The molecular weight excluding hydrogens is 254 g/mol. The van der Waals surface area contributed by atoms with E-state index in [2.05, 4.69) is 36.2 Å². The number of carbonyl (C=O) groups excluding carboxylic acids is 1. The van der Waals surface area contributed by atoms with Crippen molar-refractivity contribution in [1.29, 1.82) is 0 Å². The molecule has 2 rings (SSSR count). The molecule has 0 fully saturated rings. The third kappa shape index (κ3) is 2.64. The molecule has 2 aromatic rings. The Morgan fingerprint density at radius 1 is 1.35 bits per heavy atom. The van der Waals surface area contributed by atoms with Crippen molar-refractivity contribution in [2.45, 2.75) is 26.2 Å². The van der Waals surface area contributed by atoms with E-state index in [0.29, 0.717) is 17.3 Å². The van der Waals surface area contributed by atoms with Crippen LogP contribution in [0, 0.1) is 0 Å². The molecule has 0 unspecified atom stereocenters. The van der Waals surface area contributed by atoms with E-state index in [1.54, 1.807) is 29.9 Å². The number of rotatable bonds is 2. The lowest BCUT2D eigenvalue weighted by Gasteiger charge is -2.14. The van der Waals surface area contributed by atoms with Crippen LogP contribution >= 0.6 is 0 Å². The predicted molar refractivity (Wildman–Crippen MR) is 77.9 cm³/mol. The van der Waals surface area contributed by atoms with Gasteiger partial charge in [-0.25, -0.2) is 4.98 Å². The lowest BCUT2D eigenvalue weighted by Crippen LogP contribution is -2.20. The van der Waals surface area contributed by atoms with E-state index < -0.39 is 0 Å². The van der Waals surface area contributed by atoms with Crippen LogP contribution < -0.4 is 11.1 Å². The Balaban J connectivity index is 2.47. The number of nitrogens with one attached hydrogen (secondary N) is 1. The fourth-order valence-electron chi connectivity index (χ4n) is 1.74. The number of nitrogens with zero attached hydrogens (tertiary/aromatic N) is 3. The molecule has 3 N–H and O–H groups in total. The normalized spacial score (nSPS) is 11.4. The summed E-state index contributed by atoms with van der Waals surface area (Å²) in [6.07, 6.45) is 0. The molecule has 0 saturated carbocycles. The number of nitrogen functional groups attached to an aromatic ring is 1. The third-order valence-corrected chi connectivity index (χ3v) is 2.92. The topological polar surface area (TPSA) is 85.8 Å². The summed E-state index contributed by atoms with van der Waals surface area (Å²) < 4.78 is 1.55. The van der Waals surface area contributed by atoms with Crippen LogP contribution in [-0.2, 0) is 5.41 Å².